The maximum absolute atomic E-state index is 4.43. The van der Waals surface area contributed by atoms with Crippen molar-refractivity contribution in [2.24, 2.45) is 0 Å². The smallest absolute Gasteiger partial charge is 0.110 e. The maximum Gasteiger partial charge on any atom is 0.110 e. The second-order valence-corrected chi connectivity index (χ2v) is 5.07. The molecule has 0 bridgehead atoms. The summed E-state index contributed by atoms with van der Waals surface area (Å²) < 4.78 is 2.22. The van der Waals surface area contributed by atoms with E-state index in [0.717, 1.165) is 19.5 Å². The summed E-state index contributed by atoms with van der Waals surface area (Å²) in [6.45, 7) is 8.57. The van der Waals surface area contributed by atoms with Gasteiger partial charge in [-0.15, -0.1) is 0 Å². The van der Waals surface area contributed by atoms with Gasteiger partial charge < -0.3 is 9.88 Å². The van der Waals surface area contributed by atoms with Gasteiger partial charge in [-0.25, -0.2) is 4.98 Å². The lowest BCUT2D eigenvalue weighted by atomic mass is 10.2. The minimum absolute atomic E-state index is 0.544. The van der Waals surface area contributed by atoms with Crippen LogP contribution < -0.4 is 5.32 Å². The van der Waals surface area contributed by atoms with E-state index in [0.29, 0.717) is 6.04 Å². The monoisotopic (exact) mass is 241 g/mol. The third-order valence-electron chi connectivity index (χ3n) is 2.59. The molecular weight excluding hydrogens is 218 g/mol. The molecule has 1 N–H and O–H groups in total. The fourth-order valence-electron chi connectivity index (χ4n) is 1.78. The molecule has 1 atom stereocenters. The molecule has 0 saturated heterocycles. The Morgan fingerprint density at radius 3 is 2.88 bits per heavy atom. The van der Waals surface area contributed by atoms with E-state index in [4.69, 9.17) is 0 Å². The first-order valence-electron chi connectivity index (χ1n) is 6.12. The van der Waals surface area contributed by atoms with Gasteiger partial charge in [0, 0.05) is 37.2 Å². The predicted octanol–water partition coefficient (Wildman–Crippen LogP) is 2.18. The lowest BCUT2D eigenvalue weighted by Gasteiger charge is -2.17. The quantitative estimate of drug-likeness (QED) is 0.756. The van der Waals surface area contributed by atoms with Gasteiger partial charge in [0.25, 0.3) is 0 Å². The van der Waals surface area contributed by atoms with Gasteiger partial charge in [-0.1, -0.05) is 13.8 Å². The average molecular weight is 241 g/mol. The van der Waals surface area contributed by atoms with Crippen LogP contribution in [-0.2, 0) is 13.0 Å². The first kappa shape index (κ1) is 13.6. The molecule has 1 aromatic rings. The van der Waals surface area contributed by atoms with Crippen LogP contribution in [0.2, 0.25) is 0 Å². The number of aryl methyl sites for hydroxylation is 1. The topological polar surface area (TPSA) is 29.9 Å². The molecule has 0 aliphatic heterocycles. The molecule has 0 aliphatic carbocycles. The van der Waals surface area contributed by atoms with E-state index < -0.39 is 0 Å². The highest BCUT2D eigenvalue weighted by Crippen LogP contribution is 2.08. The zero-order chi connectivity index (χ0) is 11.8. The van der Waals surface area contributed by atoms with Crippen molar-refractivity contribution < 1.29 is 0 Å². The Kier molecular flexibility index (Phi) is 6.57. The number of imidazole rings is 1. The largest absolute Gasteiger partial charge is 0.335 e. The molecule has 0 spiro atoms. The number of hydrogen-bond donors (Lipinski definition) is 1. The van der Waals surface area contributed by atoms with Crippen LogP contribution in [0.3, 0.4) is 0 Å². The minimum atomic E-state index is 0.544. The standard InChI is InChI=1S/C12H23N3S/c1-4-13-11(10-16-6-3)9-12-14-7-8-15(12)5-2/h7-8,11,13H,4-6,9-10H2,1-3H3. The highest BCUT2D eigenvalue weighted by atomic mass is 32.2. The second-order valence-electron chi connectivity index (χ2n) is 3.75. The Hall–Kier alpha value is -0.480. The Morgan fingerprint density at radius 1 is 1.44 bits per heavy atom. The SMILES string of the molecule is CCNC(CSCC)Cc1nccn1CC. The molecular formula is C12H23N3S. The number of nitrogens with one attached hydrogen (secondary N) is 1. The molecule has 3 nitrogen and oxygen atoms in total. The number of nitrogens with zero attached hydrogens (tertiary/aromatic N) is 2. The Bertz CT molecular complexity index is 286. The summed E-state index contributed by atoms with van der Waals surface area (Å²) in [7, 11) is 0. The van der Waals surface area contributed by atoms with E-state index in [9.17, 15) is 0 Å². The fraction of sp³-hybridized carbons (Fsp3) is 0.750. The van der Waals surface area contributed by atoms with Crippen molar-refractivity contribution >= 4 is 11.8 Å². The summed E-state index contributed by atoms with van der Waals surface area (Å²) in [5.74, 6) is 3.55. The number of likely N-dealkylation sites (N-methyl/N-ethyl adjacent to an activating group) is 1. The average Bonchev–Trinajstić information content (AvgIpc) is 2.73. The molecule has 0 aromatic carbocycles. The van der Waals surface area contributed by atoms with Crippen molar-refractivity contribution in [1.29, 1.82) is 0 Å². The molecule has 0 saturated carbocycles. The van der Waals surface area contributed by atoms with Gasteiger partial charge in [-0.05, 0) is 19.2 Å². The summed E-state index contributed by atoms with van der Waals surface area (Å²) in [5.41, 5.74) is 0. The van der Waals surface area contributed by atoms with Crippen LogP contribution in [-0.4, -0.2) is 33.6 Å². The zero-order valence-electron chi connectivity index (χ0n) is 10.6. The van der Waals surface area contributed by atoms with Crippen LogP contribution >= 0.6 is 11.8 Å². The molecule has 0 fully saturated rings. The van der Waals surface area contributed by atoms with Gasteiger partial charge in [0.2, 0.25) is 0 Å². The minimum Gasteiger partial charge on any atom is -0.335 e. The fourth-order valence-corrected chi connectivity index (χ4v) is 2.53. The summed E-state index contributed by atoms with van der Waals surface area (Å²) in [6, 6.07) is 0.544. The Balaban J connectivity index is 2.52. The van der Waals surface area contributed by atoms with E-state index in [1.165, 1.54) is 17.3 Å². The third-order valence-corrected chi connectivity index (χ3v) is 3.63. The van der Waals surface area contributed by atoms with Gasteiger partial charge in [0.15, 0.2) is 0 Å². The van der Waals surface area contributed by atoms with Crippen LogP contribution in [0, 0.1) is 0 Å². The van der Waals surface area contributed by atoms with E-state index in [1.807, 2.05) is 18.0 Å². The first-order valence-corrected chi connectivity index (χ1v) is 7.28. The molecule has 0 aliphatic rings. The molecule has 1 unspecified atom stereocenters. The van der Waals surface area contributed by atoms with Crippen LogP contribution in [0.25, 0.3) is 0 Å². The number of thioether (sulfide) groups is 1. The van der Waals surface area contributed by atoms with E-state index >= 15 is 0 Å². The van der Waals surface area contributed by atoms with Gasteiger partial charge in [-0.2, -0.15) is 11.8 Å². The van der Waals surface area contributed by atoms with Crippen LogP contribution in [0.15, 0.2) is 12.4 Å². The van der Waals surface area contributed by atoms with E-state index in [-0.39, 0.29) is 0 Å². The first-order chi connectivity index (χ1) is 7.81. The summed E-state index contributed by atoms with van der Waals surface area (Å²) in [5, 5.41) is 3.53. The highest BCUT2D eigenvalue weighted by Gasteiger charge is 2.11. The van der Waals surface area contributed by atoms with Gasteiger partial charge in [-0.3, -0.25) is 0 Å². The van der Waals surface area contributed by atoms with Gasteiger partial charge in [0.05, 0.1) is 0 Å². The van der Waals surface area contributed by atoms with Crippen molar-refractivity contribution in [2.45, 2.75) is 39.8 Å². The summed E-state index contributed by atoms with van der Waals surface area (Å²) in [6.07, 6.45) is 4.99. The Labute approximate surface area is 103 Å². The number of rotatable bonds is 8. The summed E-state index contributed by atoms with van der Waals surface area (Å²) >= 11 is 1.99. The van der Waals surface area contributed by atoms with Crippen LogP contribution in [0.4, 0.5) is 0 Å². The van der Waals surface area contributed by atoms with E-state index in [2.05, 4.69) is 41.8 Å². The highest BCUT2D eigenvalue weighted by molar-refractivity contribution is 7.99. The molecule has 0 amide bonds. The summed E-state index contributed by atoms with van der Waals surface area (Å²) in [4.78, 5) is 4.43. The Morgan fingerprint density at radius 2 is 2.25 bits per heavy atom. The number of hydrogen-bond acceptors (Lipinski definition) is 3. The molecule has 0 radical (unpaired) electrons. The second kappa shape index (κ2) is 7.74. The predicted molar refractivity (Wildman–Crippen MR) is 72.1 cm³/mol. The normalized spacial score (nSPS) is 12.9. The molecule has 1 rings (SSSR count). The van der Waals surface area contributed by atoms with Crippen molar-refractivity contribution in [2.75, 3.05) is 18.1 Å². The van der Waals surface area contributed by atoms with Crippen molar-refractivity contribution in [3.63, 3.8) is 0 Å². The molecule has 92 valence electrons. The number of aromatic nitrogens is 2. The van der Waals surface area contributed by atoms with Crippen molar-refractivity contribution in [1.82, 2.24) is 14.9 Å². The van der Waals surface area contributed by atoms with Crippen molar-refractivity contribution in [3.8, 4) is 0 Å². The zero-order valence-corrected chi connectivity index (χ0v) is 11.4. The maximum atomic E-state index is 4.43. The molecule has 16 heavy (non-hydrogen) atoms. The van der Waals surface area contributed by atoms with Crippen molar-refractivity contribution in [3.05, 3.63) is 18.2 Å². The van der Waals surface area contributed by atoms with Crippen LogP contribution in [0.5, 0.6) is 0 Å². The van der Waals surface area contributed by atoms with E-state index in [1.54, 1.807) is 0 Å². The van der Waals surface area contributed by atoms with Crippen LogP contribution in [0.1, 0.15) is 26.6 Å². The third kappa shape index (κ3) is 4.18. The molecule has 1 heterocycles. The molecule has 4 heteroatoms. The lowest BCUT2D eigenvalue weighted by molar-refractivity contribution is 0.542. The van der Waals surface area contributed by atoms with Gasteiger partial charge in [0.1, 0.15) is 5.82 Å². The van der Waals surface area contributed by atoms with Gasteiger partial charge >= 0.3 is 0 Å². The lowest BCUT2D eigenvalue weighted by Crippen LogP contribution is -2.34. The molecule has 1 aromatic heterocycles.